The SMILES string of the molecule is Cc1cc2ccccc2n1CCNC1CCCCC1C. The van der Waals surface area contributed by atoms with Crippen LogP contribution in [0.3, 0.4) is 0 Å². The van der Waals surface area contributed by atoms with E-state index in [0.29, 0.717) is 0 Å². The first kappa shape index (κ1) is 13.7. The minimum atomic E-state index is 0.728. The van der Waals surface area contributed by atoms with E-state index in [1.54, 1.807) is 0 Å². The summed E-state index contributed by atoms with van der Waals surface area (Å²) in [6, 6.07) is 11.7. The molecule has 1 aromatic heterocycles. The predicted octanol–water partition coefficient (Wildman–Crippen LogP) is 4.12. The maximum absolute atomic E-state index is 3.78. The van der Waals surface area contributed by atoms with Gasteiger partial charge in [0.05, 0.1) is 0 Å². The lowest BCUT2D eigenvalue weighted by atomic mass is 9.86. The molecule has 1 saturated carbocycles. The van der Waals surface area contributed by atoms with E-state index in [4.69, 9.17) is 0 Å². The highest BCUT2D eigenvalue weighted by molar-refractivity contribution is 5.81. The summed E-state index contributed by atoms with van der Waals surface area (Å²) in [7, 11) is 0. The van der Waals surface area contributed by atoms with Crippen LogP contribution in [0, 0.1) is 12.8 Å². The molecule has 2 unspecified atom stereocenters. The van der Waals surface area contributed by atoms with E-state index in [9.17, 15) is 0 Å². The molecule has 0 bridgehead atoms. The first-order valence-electron chi connectivity index (χ1n) is 8.04. The Hall–Kier alpha value is -1.28. The topological polar surface area (TPSA) is 17.0 Å². The van der Waals surface area contributed by atoms with Gasteiger partial charge in [-0.3, -0.25) is 0 Å². The Kier molecular flexibility index (Phi) is 4.11. The molecule has 2 aromatic rings. The molecule has 2 nitrogen and oxygen atoms in total. The lowest BCUT2D eigenvalue weighted by molar-refractivity contribution is 0.278. The number of hydrogen-bond donors (Lipinski definition) is 1. The van der Waals surface area contributed by atoms with Crippen LogP contribution in [0.25, 0.3) is 10.9 Å². The normalized spacial score (nSPS) is 23.3. The number of aromatic nitrogens is 1. The van der Waals surface area contributed by atoms with Gasteiger partial charge in [-0.15, -0.1) is 0 Å². The fraction of sp³-hybridized carbons (Fsp3) is 0.556. The molecule has 0 radical (unpaired) electrons. The molecule has 1 aromatic carbocycles. The summed E-state index contributed by atoms with van der Waals surface area (Å²) in [6.07, 6.45) is 5.56. The van der Waals surface area contributed by atoms with Crippen molar-refractivity contribution in [1.82, 2.24) is 9.88 Å². The van der Waals surface area contributed by atoms with Gasteiger partial charge in [0.15, 0.2) is 0 Å². The molecule has 0 amide bonds. The number of fused-ring (bicyclic) bond motifs is 1. The maximum Gasteiger partial charge on any atom is 0.0482 e. The molecule has 0 aliphatic heterocycles. The minimum absolute atomic E-state index is 0.728. The highest BCUT2D eigenvalue weighted by Gasteiger charge is 2.20. The number of hydrogen-bond acceptors (Lipinski definition) is 1. The molecule has 3 rings (SSSR count). The minimum Gasteiger partial charge on any atom is -0.344 e. The van der Waals surface area contributed by atoms with Crippen LogP contribution in [0.15, 0.2) is 30.3 Å². The van der Waals surface area contributed by atoms with E-state index in [2.05, 4.69) is 54.1 Å². The van der Waals surface area contributed by atoms with Crippen LogP contribution in [0.1, 0.15) is 38.3 Å². The molecule has 0 spiro atoms. The van der Waals surface area contributed by atoms with Gasteiger partial charge in [-0.2, -0.15) is 0 Å². The monoisotopic (exact) mass is 270 g/mol. The van der Waals surface area contributed by atoms with Crippen molar-refractivity contribution < 1.29 is 0 Å². The first-order valence-corrected chi connectivity index (χ1v) is 8.04. The summed E-state index contributed by atoms with van der Waals surface area (Å²) in [4.78, 5) is 0. The number of rotatable bonds is 4. The van der Waals surface area contributed by atoms with Gasteiger partial charge >= 0.3 is 0 Å². The van der Waals surface area contributed by atoms with Crippen molar-refractivity contribution in [2.75, 3.05) is 6.54 Å². The summed E-state index contributed by atoms with van der Waals surface area (Å²) in [6.45, 7) is 6.76. The van der Waals surface area contributed by atoms with Gasteiger partial charge in [0, 0.05) is 30.3 Å². The van der Waals surface area contributed by atoms with E-state index in [-0.39, 0.29) is 0 Å². The van der Waals surface area contributed by atoms with Crippen LogP contribution in [0.4, 0.5) is 0 Å². The average molecular weight is 270 g/mol. The summed E-state index contributed by atoms with van der Waals surface area (Å²) in [5, 5.41) is 5.14. The van der Waals surface area contributed by atoms with Gasteiger partial charge in [0.2, 0.25) is 0 Å². The van der Waals surface area contributed by atoms with Gasteiger partial charge < -0.3 is 9.88 Å². The van der Waals surface area contributed by atoms with Crippen LogP contribution < -0.4 is 5.32 Å². The van der Waals surface area contributed by atoms with Crippen molar-refractivity contribution in [3.05, 3.63) is 36.0 Å². The second-order valence-corrected chi connectivity index (χ2v) is 6.32. The summed E-state index contributed by atoms with van der Waals surface area (Å²) in [5.41, 5.74) is 2.73. The third kappa shape index (κ3) is 2.76. The van der Waals surface area contributed by atoms with Crippen LogP contribution in [0.5, 0.6) is 0 Å². The van der Waals surface area contributed by atoms with Crippen LogP contribution >= 0.6 is 0 Å². The highest BCUT2D eigenvalue weighted by atomic mass is 15.0. The molecule has 20 heavy (non-hydrogen) atoms. The van der Waals surface area contributed by atoms with E-state index in [1.165, 1.54) is 42.3 Å². The van der Waals surface area contributed by atoms with Crippen molar-refractivity contribution >= 4 is 10.9 Å². The van der Waals surface area contributed by atoms with Crippen LogP contribution in [0.2, 0.25) is 0 Å². The second kappa shape index (κ2) is 6.01. The Labute approximate surface area is 122 Å². The first-order chi connectivity index (χ1) is 9.75. The standard InChI is InChI=1S/C18H26N2/c1-14-7-3-5-9-17(14)19-11-12-20-15(2)13-16-8-4-6-10-18(16)20/h4,6,8,10,13-14,17,19H,3,5,7,9,11-12H2,1-2H3. The predicted molar refractivity (Wildman–Crippen MR) is 86.1 cm³/mol. The van der Waals surface area contributed by atoms with Crippen LogP contribution in [-0.2, 0) is 6.54 Å². The third-order valence-electron chi connectivity index (χ3n) is 4.87. The zero-order valence-corrected chi connectivity index (χ0v) is 12.7. The maximum atomic E-state index is 3.78. The number of para-hydroxylation sites is 1. The number of aryl methyl sites for hydroxylation is 1. The third-order valence-corrected chi connectivity index (χ3v) is 4.87. The van der Waals surface area contributed by atoms with Gasteiger partial charge in [-0.05, 0) is 43.2 Å². The number of nitrogens with one attached hydrogen (secondary N) is 1. The highest BCUT2D eigenvalue weighted by Crippen LogP contribution is 2.24. The summed E-state index contributed by atoms with van der Waals surface area (Å²) in [5.74, 6) is 0.839. The molecular weight excluding hydrogens is 244 g/mol. The van der Waals surface area contributed by atoms with Gasteiger partial charge in [-0.1, -0.05) is 38.0 Å². The fourth-order valence-electron chi connectivity index (χ4n) is 3.63. The Morgan fingerprint density at radius 1 is 1.20 bits per heavy atom. The molecular formula is C18H26N2. The van der Waals surface area contributed by atoms with Gasteiger partial charge in [0.25, 0.3) is 0 Å². The number of benzene rings is 1. The smallest absolute Gasteiger partial charge is 0.0482 e. The molecule has 1 heterocycles. The molecule has 2 heteroatoms. The fourth-order valence-corrected chi connectivity index (χ4v) is 3.63. The van der Waals surface area contributed by atoms with Crippen molar-refractivity contribution in [3.63, 3.8) is 0 Å². The summed E-state index contributed by atoms with van der Waals surface area (Å²) >= 11 is 0. The molecule has 2 atom stereocenters. The Balaban J connectivity index is 1.63. The van der Waals surface area contributed by atoms with Crippen molar-refractivity contribution in [2.24, 2.45) is 5.92 Å². The van der Waals surface area contributed by atoms with Crippen molar-refractivity contribution in [3.8, 4) is 0 Å². The molecule has 108 valence electrons. The average Bonchev–Trinajstić information content (AvgIpc) is 2.77. The lowest BCUT2D eigenvalue weighted by Gasteiger charge is -2.29. The molecule has 1 aliphatic rings. The zero-order chi connectivity index (χ0) is 13.9. The van der Waals surface area contributed by atoms with Gasteiger partial charge in [0.1, 0.15) is 0 Å². The second-order valence-electron chi connectivity index (χ2n) is 6.32. The lowest BCUT2D eigenvalue weighted by Crippen LogP contribution is -2.38. The molecule has 0 saturated heterocycles. The van der Waals surface area contributed by atoms with E-state index in [0.717, 1.165) is 25.0 Å². The Morgan fingerprint density at radius 2 is 2.00 bits per heavy atom. The molecule has 1 N–H and O–H groups in total. The largest absolute Gasteiger partial charge is 0.344 e. The van der Waals surface area contributed by atoms with Crippen LogP contribution in [-0.4, -0.2) is 17.2 Å². The Bertz CT molecular complexity index is 570. The molecule has 1 aliphatic carbocycles. The Morgan fingerprint density at radius 3 is 2.85 bits per heavy atom. The van der Waals surface area contributed by atoms with Crippen molar-refractivity contribution in [1.29, 1.82) is 0 Å². The van der Waals surface area contributed by atoms with E-state index >= 15 is 0 Å². The zero-order valence-electron chi connectivity index (χ0n) is 12.7. The van der Waals surface area contributed by atoms with Crippen molar-refractivity contribution in [2.45, 2.75) is 52.1 Å². The van der Waals surface area contributed by atoms with E-state index in [1.807, 2.05) is 0 Å². The summed E-state index contributed by atoms with van der Waals surface area (Å²) < 4.78 is 2.44. The van der Waals surface area contributed by atoms with E-state index < -0.39 is 0 Å². The quantitative estimate of drug-likeness (QED) is 0.884. The molecule has 1 fully saturated rings. The van der Waals surface area contributed by atoms with Gasteiger partial charge in [-0.25, -0.2) is 0 Å². The number of nitrogens with zero attached hydrogens (tertiary/aromatic N) is 1.